The number of hydrogen-bond donors (Lipinski definition) is 1. The van der Waals surface area contributed by atoms with E-state index in [1.807, 2.05) is 12.1 Å². The maximum atomic E-state index is 9.01. The van der Waals surface area contributed by atoms with Crippen LogP contribution in [-0.4, -0.2) is 5.11 Å². The lowest BCUT2D eigenvalue weighted by atomic mass is 9.99. The van der Waals surface area contributed by atoms with Crippen molar-refractivity contribution in [2.75, 3.05) is 0 Å². The molecule has 0 aliphatic rings. The smallest absolute Gasteiger partial charge is 0.115 e. The fourth-order valence-corrected chi connectivity index (χ4v) is 1.04. The third-order valence-corrected chi connectivity index (χ3v) is 2.07. The van der Waals surface area contributed by atoms with E-state index in [-0.39, 0.29) is 12.4 Å². The molecule has 0 bridgehead atoms. The highest BCUT2D eigenvalue weighted by Crippen LogP contribution is 2.20. The van der Waals surface area contributed by atoms with Crippen LogP contribution in [-0.2, 0) is 0 Å². The van der Waals surface area contributed by atoms with Gasteiger partial charge in [-0.2, -0.15) is 0 Å². The van der Waals surface area contributed by atoms with E-state index in [0.29, 0.717) is 11.7 Å². The van der Waals surface area contributed by atoms with Crippen LogP contribution in [0.15, 0.2) is 24.3 Å². The third kappa shape index (κ3) is 2.74. The van der Waals surface area contributed by atoms with Gasteiger partial charge in [-0.15, -0.1) is 12.4 Å². The van der Waals surface area contributed by atoms with E-state index in [4.69, 9.17) is 5.11 Å². The largest absolute Gasteiger partial charge is 0.508 e. The Balaban J connectivity index is 0.00000121. The monoisotopic (exact) mass is 186 g/mol. The number of halogens is 1. The molecule has 0 radical (unpaired) electrons. The Morgan fingerprint density at radius 1 is 1.25 bits per heavy atom. The average molecular weight is 187 g/mol. The summed E-state index contributed by atoms with van der Waals surface area (Å²) in [6.07, 6.45) is 1.14. The normalized spacial score (nSPS) is 11.8. The van der Waals surface area contributed by atoms with Crippen molar-refractivity contribution >= 4 is 12.4 Å². The Kier molecular flexibility index (Phi) is 4.75. The maximum absolute atomic E-state index is 9.01. The van der Waals surface area contributed by atoms with Gasteiger partial charge >= 0.3 is 0 Å². The second-order valence-corrected chi connectivity index (χ2v) is 2.90. The molecular weight excluding hydrogens is 172 g/mol. The van der Waals surface area contributed by atoms with Crippen LogP contribution in [0.25, 0.3) is 0 Å². The van der Waals surface area contributed by atoms with Gasteiger partial charge in [-0.05, 0) is 30.0 Å². The Labute approximate surface area is 79.8 Å². The van der Waals surface area contributed by atoms with Crippen LogP contribution in [0.4, 0.5) is 0 Å². The summed E-state index contributed by atoms with van der Waals surface area (Å²) in [5, 5.41) is 9.01. The van der Waals surface area contributed by atoms with E-state index in [2.05, 4.69) is 13.8 Å². The molecule has 0 saturated heterocycles. The molecule has 0 amide bonds. The zero-order chi connectivity index (χ0) is 8.27. The van der Waals surface area contributed by atoms with E-state index in [1.165, 1.54) is 5.56 Å². The lowest BCUT2D eigenvalue weighted by Crippen LogP contribution is -1.89. The number of rotatable bonds is 2. The van der Waals surface area contributed by atoms with Crippen molar-refractivity contribution in [3.63, 3.8) is 0 Å². The molecule has 0 aliphatic heterocycles. The Morgan fingerprint density at radius 2 is 1.75 bits per heavy atom. The first-order valence-electron chi connectivity index (χ1n) is 4.03. The van der Waals surface area contributed by atoms with Gasteiger partial charge in [-0.1, -0.05) is 26.0 Å². The third-order valence-electron chi connectivity index (χ3n) is 2.07. The van der Waals surface area contributed by atoms with Crippen LogP contribution in [0.5, 0.6) is 5.75 Å². The van der Waals surface area contributed by atoms with Crippen LogP contribution in [0.1, 0.15) is 31.7 Å². The molecule has 1 rings (SSSR count). The van der Waals surface area contributed by atoms with Crippen LogP contribution < -0.4 is 0 Å². The van der Waals surface area contributed by atoms with Crippen molar-refractivity contribution in [1.82, 2.24) is 0 Å². The quantitative estimate of drug-likeness (QED) is 0.752. The summed E-state index contributed by atoms with van der Waals surface area (Å²) in [4.78, 5) is 0. The predicted molar refractivity (Wildman–Crippen MR) is 54.1 cm³/mol. The highest BCUT2D eigenvalue weighted by molar-refractivity contribution is 5.85. The molecule has 1 atom stereocenters. The number of phenolic OH excluding ortho intramolecular Hbond substituents is 1. The van der Waals surface area contributed by atoms with E-state index in [9.17, 15) is 0 Å². The van der Waals surface area contributed by atoms with Crippen molar-refractivity contribution in [2.45, 2.75) is 26.2 Å². The molecule has 1 aromatic rings. The van der Waals surface area contributed by atoms with Gasteiger partial charge in [-0.3, -0.25) is 0 Å². The van der Waals surface area contributed by atoms with E-state index in [0.717, 1.165) is 6.42 Å². The molecule has 0 spiro atoms. The summed E-state index contributed by atoms with van der Waals surface area (Å²) in [5.74, 6) is 0.938. The number of benzene rings is 1. The summed E-state index contributed by atoms with van der Waals surface area (Å²) < 4.78 is 0. The minimum absolute atomic E-state index is 0. The van der Waals surface area contributed by atoms with Gasteiger partial charge in [0, 0.05) is 0 Å². The molecule has 0 saturated carbocycles. The van der Waals surface area contributed by atoms with Crippen LogP contribution >= 0.6 is 12.4 Å². The van der Waals surface area contributed by atoms with Crippen molar-refractivity contribution in [1.29, 1.82) is 0 Å². The number of hydrogen-bond acceptors (Lipinski definition) is 1. The summed E-state index contributed by atoms with van der Waals surface area (Å²) in [6, 6.07) is 7.43. The average Bonchev–Trinajstić information content (AvgIpc) is 2.05. The standard InChI is InChI=1S/C10H14O.ClH/c1-3-8(2)9-4-6-10(11)7-5-9;/h4-8,11H,3H2,1-2H3;1H. The molecule has 1 N–H and O–H groups in total. The molecular formula is C10H15ClO. The van der Waals surface area contributed by atoms with E-state index >= 15 is 0 Å². The second kappa shape index (κ2) is 5.04. The van der Waals surface area contributed by atoms with E-state index < -0.39 is 0 Å². The Hall–Kier alpha value is -0.690. The maximum Gasteiger partial charge on any atom is 0.115 e. The lowest BCUT2D eigenvalue weighted by molar-refractivity contribution is 0.475. The van der Waals surface area contributed by atoms with Crippen molar-refractivity contribution in [3.8, 4) is 5.75 Å². The molecule has 68 valence electrons. The van der Waals surface area contributed by atoms with Crippen LogP contribution in [0, 0.1) is 0 Å². The molecule has 0 aliphatic carbocycles. The first-order valence-corrected chi connectivity index (χ1v) is 4.03. The zero-order valence-electron chi connectivity index (χ0n) is 7.45. The van der Waals surface area contributed by atoms with Gasteiger partial charge in [0.05, 0.1) is 0 Å². The summed E-state index contributed by atoms with van der Waals surface area (Å²) in [6.45, 7) is 4.35. The highest BCUT2D eigenvalue weighted by Gasteiger charge is 2.00. The fourth-order valence-electron chi connectivity index (χ4n) is 1.04. The molecule has 1 nitrogen and oxygen atoms in total. The SMILES string of the molecule is CCC(C)c1ccc(O)cc1.Cl. The van der Waals surface area contributed by atoms with Crippen molar-refractivity contribution < 1.29 is 5.11 Å². The first kappa shape index (κ1) is 11.3. The zero-order valence-corrected chi connectivity index (χ0v) is 8.27. The summed E-state index contributed by atoms with van der Waals surface area (Å²) in [5.41, 5.74) is 1.30. The fraction of sp³-hybridized carbons (Fsp3) is 0.400. The van der Waals surface area contributed by atoms with Gasteiger partial charge in [0.1, 0.15) is 5.75 Å². The van der Waals surface area contributed by atoms with Gasteiger partial charge in [0.15, 0.2) is 0 Å². The molecule has 2 heteroatoms. The molecule has 1 unspecified atom stereocenters. The summed E-state index contributed by atoms with van der Waals surface area (Å²) in [7, 11) is 0. The van der Waals surface area contributed by atoms with Gasteiger partial charge in [-0.25, -0.2) is 0 Å². The first-order chi connectivity index (χ1) is 5.24. The number of aromatic hydroxyl groups is 1. The molecule has 1 aromatic carbocycles. The molecule has 0 aromatic heterocycles. The van der Waals surface area contributed by atoms with Gasteiger partial charge in [0.2, 0.25) is 0 Å². The van der Waals surface area contributed by atoms with Gasteiger partial charge in [0.25, 0.3) is 0 Å². The van der Waals surface area contributed by atoms with E-state index in [1.54, 1.807) is 12.1 Å². The Morgan fingerprint density at radius 3 is 2.17 bits per heavy atom. The highest BCUT2D eigenvalue weighted by atomic mass is 35.5. The minimum atomic E-state index is 0. The van der Waals surface area contributed by atoms with Gasteiger partial charge < -0.3 is 5.11 Å². The molecule has 0 fully saturated rings. The topological polar surface area (TPSA) is 20.2 Å². The lowest BCUT2D eigenvalue weighted by Gasteiger charge is -2.07. The van der Waals surface area contributed by atoms with Crippen LogP contribution in [0.3, 0.4) is 0 Å². The van der Waals surface area contributed by atoms with Crippen molar-refractivity contribution in [3.05, 3.63) is 29.8 Å². The van der Waals surface area contributed by atoms with Crippen molar-refractivity contribution in [2.24, 2.45) is 0 Å². The Bertz CT molecular complexity index is 218. The summed E-state index contributed by atoms with van der Waals surface area (Å²) >= 11 is 0. The molecule has 0 heterocycles. The minimum Gasteiger partial charge on any atom is -0.508 e. The molecule has 12 heavy (non-hydrogen) atoms. The predicted octanol–water partition coefficient (Wildman–Crippen LogP) is 3.33. The number of phenols is 1. The second-order valence-electron chi connectivity index (χ2n) is 2.90. The van der Waals surface area contributed by atoms with Crippen LogP contribution in [0.2, 0.25) is 0 Å².